The molecule has 3 aromatic rings. The molecule has 0 radical (unpaired) electrons. The number of aryl methyl sites for hydroxylation is 2. The summed E-state index contributed by atoms with van der Waals surface area (Å²) in [4.78, 5) is 15.5. The summed E-state index contributed by atoms with van der Waals surface area (Å²) in [6.07, 6.45) is 0.212. The highest BCUT2D eigenvalue weighted by Crippen LogP contribution is 2.24. The standard InChI is InChI=1S/C18H17FN2O/c1-11-7-8-16-14(9-11)13(12(2)20-16)10-18(22)21-17-6-4-3-5-15(17)19/h3-9,20H,10H2,1-2H3,(H,21,22). The predicted octanol–water partition coefficient (Wildman–Crippen LogP) is 4.11. The molecule has 3 rings (SSSR count). The molecule has 0 saturated heterocycles. The Morgan fingerprint density at radius 1 is 1.18 bits per heavy atom. The van der Waals surface area contributed by atoms with Crippen molar-refractivity contribution in [1.29, 1.82) is 0 Å². The molecule has 0 aliphatic rings. The highest BCUT2D eigenvalue weighted by atomic mass is 19.1. The SMILES string of the molecule is Cc1ccc2[nH]c(C)c(CC(=O)Nc3ccccc3F)c2c1. The molecule has 0 aliphatic carbocycles. The maximum atomic E-state index is 13.6. The van der Waals surface area contributed by atoms with Crippen LogP contribution in [0.1, 0.15) is 16.8 Å². The highest BCUT2D eigenvalue weighted by molar-refractivity contribution is 5.96. The number of fused-ring (bicyclic) bond motifs is 1. The van der Waals surface area contributed by atoms with E-state index in [1.54, 1.807) is 18.2 Å². The third-order valence-electron chi connectivity index (χ3n) is 3.76. The van der Waals surface area contributed by atoms with E-state index in [-0.39, 0.29) is 18.0 Å². The van der Waals surface area contributed by atoms with Crippen molar-refractivity contribution in [2.24, 2.45) is 0 Å². The molecular weight excluding hydrogens is 279 g/mol. The lowest BCUT2D eigenvalue weighted by atomic mass is 10.1. The van der Waals surface area contributed by atoms with Crippen LogP contribution in [0.4, 0.5) is 10.1 Å². The number of nitrogens with one attached hydrogen (secondary N) is 2. The Kier molecular flexibility index (Phi) is 3.67. The zero-order chi connectivity index (χ0) is 15.7. The summed E-state index contributed by atoms with van der Waals surface area (Å²) < 4.78 is 13.6. The zero-order valence-corrected chi connectivity index (χ0v) is 12.5. The van der Waals surface area contributed by atoms with Gasteiger partial charge in [0.05, 0.1) is 12.1 Å². The van der Waals surface area contributed by atoms with Gasteiger partial charge < -0.3 is 10.3 Å². The first-order valence-electron chi connectivity index (χ1n) is 7.17. The molecule has 2 N–H and O–H groups in total. The number of benzene rings is 2. The number of carbonyl (C=O) groups is 1. The second-order valence-corrected chi connectivity index (χ2v) is 5.48. The maximum Gasteiger partial charge on any atom is 0.228 e. The zero-order valence-electron chi connectivity index (χ0n) is 12.5. The van der Waals surface area contributed by atoms with Gasteiger partial charge in [0.25, 0.3) is 0 Å². The number of aromatic nitrogens is 1. The molecule has 1 amide bonds. The van der Waals surface area contributed by atoms with Crippen LogP contribution >= 0.6 is 0 Å². The maximum absolute atomic E-state index is 13.6. The van der Waals surface area contributed by atoms with Crippen LogP contribution in [0.25, 0.3) is 10.9 Å². The van der Waals surface area contributed by atoms with Gasteiger partial charge in [0.2, 0.25) is 5.91 Å². The molecule has 2 aromatic carbocycles. The van der Waals surface area contributed by atoms with Gasteiger partial charge in [-0.05, 0) is 43.7 Å². The van der Waals surface area contributed by atoms with Gasteiger partial charge >= 0.3 is 0 Å². The van der Waals surface area contributed by atoms with Crippen LogP contribution in [-0.2, 0) is 11.2 Å². The van der Waals surface area contributed by atoms with Crippen molar-refractivity contribution >= 4 is 22.5 Å². The summed E-state index contributed by atoms with van der Waals surface area (Å²) >= 11 is 0. The van der Waals surface area contributed by atoms with Crippen LogP contribution in [0.15, 0.2) is 42.5 Å². The number of carbonyl (C=O) groups excluding carboxylic acids is 1. The average Bonchev–Trinajstić information content (AvgIpc) is 2.77. The van der Waals surface area contributed by atoms with Crippen LogP contribution in [0.3, 0.4) is 0 Å². The van der Waals surface area contributed by atoms with Crippen LogP contribution in [0.5, 0.6) is 0 Å². The van der Waals surface area contributed by atoms with Gasteiger partial charge in [-0.3, -0.25) is 4.79 Å². The van der Waals surface area contributed by atoms with Gasteiger partial charge in [0, 0.05) is 16.6 Å². The number of amides is 1. The molecule has 0 atom stereocenters. The second kappa shape index (κ2) is 5.64. The Labute approximate surface area is 128 Å². The van der Waals surface area contributed by atoms with E-state index in [0.717, 1.165) is 27.7 Å². The lowest BCUT2D eigenvalue weighted by Crippen LogP contribution is -2.15. The van der Waals surface area contributed by atoms with Gasteiger partial charge in [-0.1, -0.05) is 23.8 Å². The lowest BCUT2D eigenvalue weighted by molar-refractivity contribution is -0.115. The third kappa shape index (κ3) is 2.72. The lowest BCUT2D eigenvalue weighted by Gasteiger charge is -2.06. The first-order valence-corrected chi connectivity index (χ1v) is 7.17. The summed E-state index contributed by atoms with van der Waals surface area (Å²) in [5.74, 6) is -0.655. The number of para-hydroxylation sites is 1. The van der Waals surface area contributed by atoms with Gasteiger partial charge in [-0.15, -0.1) is 0 Å². The van der Waals surface area contributed by atoms with Crippen molar-refractivity contribution in [2.45, 2.75) is 20.3 Å². The van der Waals surface area contributed by atoms with E-state index < -0.39 is 5.82 Å². The molecule has 0 bridgehead atoms. The molecule has 112 valence electrons. The monoisotopic (exact) mass is 296 g/mol. The molecule has 1 heterocycles. The van der Waals surface area contributed by atoms with E-state index in [0.29, 0.717) is 0 Å². The fourth-order valence-electron chi connectivity index (χ4n) is 2.64. The summed E-state index contributed by atoms with van der Waals surface area (Å²) in [6, 6.07) is 12.3. The molecule has 0 spiro atoms. The number of hydrogen-bond acceptors (Lipinski definition) is 1. The van der Waals surface area contributed by atoms with E-state index in [1.807, 2.05) is 26.0 Å². The molecule has 0 saturated carbocycles. The van der Waals surface area contributed by atoms with Crippen LogP contribution in [-0.4, -0.2) is 10.9 Å². The van der Waals surface area contributed by atoms with Crippen molar-refractivity contribution < 1.29 is 9.18 Å². The van der Waals surface area contributed by atoms with E-state index in [1.165, 1.54) is 6.07 Å². The van der Waals surface area contributed by atoms with E-state index in [9.17, 15) is 9.18 Å². The normalized spacial score (nSPS) is 10.9. The fourth-order valence-corrected chi connectivity index (χ4v) is 2.64. The largest absolute Gasteiger partial charge is 0.358 e. The van der Waals surface area contributed by atoms with Gasteiger partial charge in [0.1, 0.15) is 5.82 Å². The number of H-pyrrole nitrogens is 1. The predicted molar refractivity (Wildman–Crippen MR) is 86.5 cm³/mol. The minimum absolute atomic E-state index is 0.209. The molecular formula is C18H17FN2O. The van der Waals surface area contributed by atoms with E-state index in [4.69, 9.17) is 0 Å². The topological polar surface area (TPSA) is 44.9 Å². The van der Waals surface area contributed by atoms with E-state index >= 15 is 0 Å². The van der Waals surface area contributed by atoms with Gasteiger partial charge in [0.15, 0.2) is 0 Å². The highest BCUT2D eigenvalue weighted by Gasteiger charge is 2.13. The first kappa shape index (κ1) is 14.3. The van der Waals surface area contributed by atoms with Gasteiger partial charge in [-0.2, -0.15) is 0 Å². The molecule has 4 heteroatoms. The Morgan fingerprint density at radius 3 is 2.73 bits per heavy atom. The molecule has 1 aromatic heterocycles. The van der Waals surface area contributed by atoms with Crippen LogP contribution in [0.2, 0.25) is 0 Å². The number of anilines is 1. The Morgan fingerprint density at radius 2 is 1.95 bits per heavy atom. The smallest absolute Gasteiger partial charge is 0.228 e. The number of hydrogen-bond donors (Lipinski definition) is 2. The van der Waals surface area contributed by atoms with E-state index in [2.05, 4.69) is 16.4 Å². The molecule has 0 aliphatic heterocycles. The average molecular weight is 296 g/mol. The van der Waals surface area contributed by atoms with Crippen LogP contribution in [0, 0.1) is 19.7 Å². The molecule has 22 heavy (non-hydrogen) atoms. The summed E-state index contributed by atoms with van der Waals surface area (Å²) in [6.45, 7) is 3.96. The number of halogens is 1. The van der Waals surface area contributed by atoms with Crippen molar-refractivity contribution in [3.8, 4) is 0 Å². The molecule has 0 fully saturated rings. The van der Waals surface area contributed by atoms with Gasteiger partial charge in [-0.25, -0.2) is 4.39 Å². The van der Waals surface area contributed by atoms with Crippen molar-refractivity contribution in [3.63, 3.8) is 0 Å². The first-order chi connectivity index (χ1) is 10.5. The summed E-state index contributed by atoms with van der Waals surface area (Å²) in [5, 5.41) is 3.67. The second-order valence-electron chi connectivity index (χ2n) is 5.48. The Balaban J connectivity index is 1.87. The fraction of sp³-hybridized carbons (Fsp3) is 0.167. The minimum Gasteiger partial charge on any atom is -0.358 e. The third-order valence-corrected chi connectivity index (χ3v) is 3.76. The van der Waals surface area contributed by atoms with Crippen LogP contribution < -0.4 is 5.32 Å². The van der Waals surface area contributed by atoms with Crippen molar-refractivity contribution in [1.82, 2.24) is 4.98 Å². The molecule has 0 unspecified atom stereocenters. The Hall–Kier alpha value is -2.62. The number of rotatable bonds is 3. The summed E-state index contributed by atoms with van der Waals surface area (Å²) in [7, 11) is 0. The quantitative estimate of drug-likeness (QED) is 0.750. The molecule has 3 nitrogen and oxygen atoms in total. The van der Waals surface area contributed by atoms with Crippen molar-refractivity contribution in [2.75, 3.05) is 5.32 Å². The summed E-state index contributed by atoms with van der Waals surface area (Å²) in [5.41, 5.74) is 4.28. The number of aromatic amines is 1. The minimum atomic E-state index is -0.428. The Bertz CT molecular complexity index is 851. The van der Waals surface area contributed by atoms with Crippen molar-refractivity contribution in [3.05, 3.63) is 65.1 Å².